The van der Waals surface area contributed by atoms with Crippen LogP contribution in [0.25, 0.3) is 0 Å². The van der Waals surface area contributed by atoms with Crippen LogP contribution < -0.4 is 0 Å². The van der Waals surface area contributed by atoms with Crippen molar-refractivity contribution in [2.75, 3.05) is 0 Å². The molecule has 0 saturated heterocycles. The summed E-state index contributed by atoms with van der Waals surface area (Å²) in [5.74, 6) is 0. The van der Waals surface area contributed by atoms with Gasteiger partial charge in [0.1, 0.15) is 0 Å². The van der Waals surface area contributed by atoms with Crippen molar-refractivity contribution in [3.8, 4) is 0 Å². The van der Waals surface area contributed by atoms with E-state index in [4.69, 9.17) is 0 Å². The molecule has 0 amide bonds. The van der Waals surface area contributed by atoms with Crippen molar-refractivity contribution in [3.05, 3.63) is 41.6 Å². The van der Waals surface area contributed by atoms with Crippen molar-refractivity contribution in [2.45, 2.75) is 12.5 Å². The Morgan fingerprint density at radius 1 is 1.27 bits per heavy atom. The van der Waals surface area contributed by atoms with E-state index in [2.05, 4.69) is 31.9 Å². The fourth-order valence-corrected chi connectivity index (χ4v) is 4.01. The summed E-state index contributed by atoms with van der Waals surface area (Å²) in [5.41, 5.74) is 0.983. The lowest BCUT2D eigenvalue weighted by Crippen LogP contribution is -1.98. The molecule has 2 heterocycles. The molecule has 2 aromatic rings. The Bertz CT molecular complexity index is 450. The van der Waals surface area contributed by atoms with Crippen LogP contribution in [0.3, 0.4) is 0 Å². The molecule has 0 spiro atoms. The minimum Gasteiger partial charge on any atom is -0.388 e. The SMILES string of the molecule is OC(Cc1ccc(Br)s1)c1csc(Br)c1. The maximum Gasteiger partial charge on any atom is 0.0846 e. The number of rotatable bonds is 3. The smallest absolute Gasteiger partial charge is 0.0846 e. The summed E-state index contributed by atoms with van der Waals surface area (Å²) in [4.78, 5) is 1.19. The maximum absolute atomic E-state index is 9.97. The summed E-state index contributed by atoms with van der Waals surface area (Å²) in [7, 11) is 0. The Morgan fingerprint density at radius 2 is 2.07 bits per heavy atom. The quantitative estimate of drug-likeness (QED) is 0.839. The molecule has 2 aromatic heterocycles. The molecule has 0 aromatic carbocycles. The monoisotopic (exact) mass is 366 g/mol. The van der Waals surface area contributed by atoms with Crippen LogP contribution in [0.4, 0.5) is 0 Å². The van der Waals surface area contributed by atoms with Crippen LogP contribution in [-0.2, 0) is 6.42 Å². The molecule has 2 rings (SSSR count). The number of thiophene rings is 2. The van der Waals surface area contributed by atoms with Gasteiger partial charge in [-0.3, -0.25) is 0 Å². The van der Waals surface area contributed by atoms with Gasteiger partial charge in [-0.15, -0.1) is 22.7 Å². The molecule has 5 heteroatoms. The predicted octanol–water partition coefficient (Wildman–Crippen LogP) is 4.61. The van der Waals surface area contributed by atoms with Crippen LogP contribution in [-0.4, -0.2) is 5.11 Å². The van der Waals surface area contributed by atoms with E-state index in [1.165, 1.54) is 4.88 Å². The van der Waals surface area contributed by atoms with Gasteiger partial charge in [0.05, 0.1) is 13.7 Å². The van der Waals surface area contributed by atoms with Gasteiger partial charge in [-0.25, -0.2) is 0 Å². The fraction of sp³-hybridized carbons (Fsp3) is 0.200. The number of aliphatic hydroxyl groups excluding tert-OH is 1. The molecule has 0 aliphatic rings. The zero-order valence-corrected chi connectivity index (χ0v) is 12.4. The standard InChI is InChI=1S/C10H8Br2OS2/c11-9-2-1-7(15-9)4-8(13)6-3-10(12)14-5-6/h1-3,5,8,13H,4H2. The third-order valence-corrected chi connectivity index (χ3v) is 5.16. The van der Waals surface area contributed by atoms with Gasteiger partial charge in [0.2, 0.25) is 0 Å². The van der Waals surface area contributed by atoms with Crippen LogP contribution in [0.1, 0.15) is 16.5 Å². The number of hydrogen-bond donors (Lipinski definition) is 1. The first-order valence-corrected chi connectivity index (χ1v) is 7.59. The molecule has 1 N–H and O–H groups in total. The van der Waals surface area contributed by atoms with E-state index in [0.717, 1.165) is 13.1 Å². The first-order valence-electron chi connectivity index (χ1n) is 4.31. The maximum atomic E-state index is 9.97. The van der Waals surface area contributed by atoms with Gasteiger partial charge in [-0.2, -0.15) is 0 Å². The fourth-order valence-electron chi connectivity index (χ4n) is 1.27. The van der Waals surface area contributed by atoms with Gasteiger partial charge < -0.3 is 5.11 Å². The van der Waals surface area contributed by atoms with E-state index in [1.54, 1.807) is 22.7 Å². The normalized spacial score (nSPS) is 13.0. The van der Waals surface area contributed by atoms with Gasteiger partial charge in [-0.1, -0.05) is 0 Å². The lowest BCUT2D eigenvalue weighted by molar-refractivity contribution is 0.180. The van der Waals surface area contributed by atoms with Crippen LogP contribution in [0.5, 0.6) is 0 Å². The Balaban J connectivity index is 2.06. The molecular weight excluding hydrogens is 360 g/mol. The highest BCUT2D eigenvalue weighted by molar-refractivity contribution is 9.11. The zero-order valence-electron chi connectivity index (χ0n) is 7.61. The third kappa shape index (κ3) is 3.14. The van der Waals surface area contributed by atoms with Gasteiger partial charge in [-0.05, 0) is 61.0 Å². The molecule has 80 valence electrons. The van der Waals surface area contributed by atoms with Crippen LogP contribution in [0.2, 0.25) is 0 Å². The molecule has 15 heavy (non-hydrogen) atoms. The minimum atomic E-state index is -0.405. The lowest BCUT2D eigenvalue weighted by Gasteiger charge is -2.06. The van der Waals surface area contributed by atoms with Crippen molar-refractivity contribution in [1.29, 1.82) is 0 Å². The Hall–Kier alpha value is 0.320. The summed E-state index contributed by atoms with van der Waals surface area (Å²) in [6, 6.07) is 6.02. The summed E-state index contributed by atoms with van der Waals surface area (Å²) >= 11 is 10.1. The Morgan fingerprint density at radius 3 is 2.60 bits per heavy atom. The summed E-state index contributed by atoms with van der Waals surface area (Å²) in [6.45, 7) is 0. The highest BCUT2D eigenvalue weighted by Gasteiger charge is 2.11. The van der Waals surface area contributed by atoms with Crippen LogP contribution in [0, 0.1) is 0 Å². The topological polar surface area (TPSA) is 20.2 Å². The minimum absolute atomic E-state index is 0.405. The van der Waals surface area contributed by atoms with Crippen LogP contribution >= 0.6 is 54.5 Å². The molecule has 1 unspecified atom stereocenters. The van der Waals surface area contributed by atoms with Crippen molar-refractivity contribution in [1.82, 2.24) is 0 Å². The summed E-state index contributed by atoms with van der Waals surface area (Å²) < 4.78 is 2.17. The van der Waals surface area contributed by atoms with Crippen molar-refractivity contribution < 1.29 is 5.11 Å². The van der Waals surface area contributed by atoms with Crippen molar-refractivity contribution >= 4 is 54.5 Å². The van der Waals surface area contributed by atoms with Crippen LogP contribution in [0.15, 0.2) is 31.2 Å². The second kappa shape index (κ2) is 5.10. The van der Waals surface area contributed by atoms with E-state index in [1.807, 2.05) is 23.6 Å². The molecule has 0 aliphatic carbocycles. The number of halogens is 2. The molecule has 0 fully saturated rings. The van der Waals surface area contributed by atoms with Gasteiger partial charge in [0.15, 0.2) is 0 Å². The first-order chi connectivity index (χ1) is 7.15. The highest BCUT2D eigenvalue weighted by Crippen LogP contribution is 2.30. The molecular formula is C10H8Br2OS2. The molecule has 1 nitrogen and oxygen atoms in total. The molecule has 0 bridgehead atoms. The highest BCUT2D eigenvalue weighted by atomic mass is 79.9. The molecule has 1 atom stereocenters. The van der Waals surface area contributed by atoms with E-state index in [0.29, 0.717) is 6.42 Å². The lowest BCUT2D eigenvalue weighted by atomic mass is 10.1. The zero-order chi connectivity index (χ0) is 10.8. The number of aliphatic hydroxyl groups is 1. The van der Waals surface area contributed by atoms with E-state index in [-0.39, 0.29) is 0 Å². The van der Waals surface area contributed by atoms with E-state index < -0.39 is 6.10 Å². The van der Waals surface area contributed by atoms with E-state index in [9.17, 15) is 5.11 Å². The average molecular weight is 368 g/mol. The molecule has 0 aliphatic heterocycles. The van der Waals surface area contributed by atoms with E-state index >= 15 is 0 Å². The number of hydrogen-bond acceptors (Lipinski definition) is 3. The Kier molecular flexibility index (Phi) is 4.01. The third-order valence-electron chi connectivity index (χ3n) is 2.00. The molecule has 0 saturated carbocycles. The second-order valence-corrected chi connectivity index (χ2v) is 7.95. The van der Waals surface area contributed by atoms with Gasteiger partial charge in [0.25, 0.3) is 0 Å². The molecule has 0 radical (unpaired) electrons. The van der Waals surface area contributed by atoms with Gasteiger partial charge in [0, 0.05) is 11.3 Å². The Labute approximate surface area is 113 Å². The second-order valence-electron chi connectivity index (χ2n) is 3.11. The first kappa shape index (κ1) is 11.8. The average Bonchev–Trinajstić information content (AvgIpc) is 2.75. The van der Waals surface area contributed by atoms with Crippen molar-refractivity contribution in [2.24, 2.45) is 0 Å². The van der Waals surface area contributed by atoms with Gasteiger partial charge >= 0.3 is 0 Å². The van der Waals surface area contributed by atoms with Crippen molar-refractivity contribution in [3.63, 3.8) is 0 Å². The predicted molar refractivity (Wildman–Crippen MR) is 72.7 cm³/mol. The summed E-state index contributed by atoms with van der Waals surface area (Å²) in [6.07, 6.45) is 0.275. The summed E-state index contributed by atoms with van der Waals surface area (Å²) in [5, 5.41) is 12.0. The largest absolute Gasteiger partial charge is 0.388 e.